The van der Waals surface area contributed by atoms with E-state index in [0.717, 1.165) is 56.8 Å². The Morgan fingerprint density at radius 2 is 1.08 bits per heavy atom. The minimum Gasteiger partial charge on any atom is -0.478 e. The van der Waals surface area contributed by atoms with Crippen molar-refractivity contribution in [2.75, 3.05) is 53.0 Å². The molecule has 14 heteroatoms. The van der Waals surface area contributed by atoms with E-state index in [9.17, 15) is 28.0 Å². The van der Waals surface area contributed by atoms with Crippen molar-refractivity contribution in [1.82, 2.24) is 9.80 Å². The van der Waals surface area contributed by atoms with Crippen LogP contribution in [0.15, 0.2) is 103 Å². The van der Waals surface area contributed by atoms with Crippen LogP contribution in [0.5, 0.6) is 0 Å². The summed E-state index contributed by atoms with van der Waals surface area (Å²) >= 11 is 0. The molecule has 1 fully saturated rings. The number of methoxy groups -OCH3 is 1. The highest BCUT2D eigenvalue weighted by Gasteiger charge is 2.21. The zero-order valence-electron chi connectivity index (χ0n) is 28.0. The summed E-state index contributed by atoms with van der Waals surface area (Å²) in [5.41, 5.74) is 3.01. The smallest absolute Gasteiger partial charge is 0.328 e. The molecule has 0 aromatic heterocycles. The van der Waals surface area contributed by atoms with E-state index in [1.54, 1.807) is 31.4 Å². The highest BCUT2D eigenvalue weighted by atomic mass is 19.1. The van der Waals surface area contributed by atoms with Gasteiger partial charge in [0.05, 0.1) is 12.7 Å². The molecule has 0 spiro atoms. The second-order valence-electron chi connectivity index (χ2n) is 11.1. The summed E-state index contributed by atoms with van der Waals surface area (Å²) in [5, 5.41) is 31.2. The fraction of sp³-hybridized carbons (Fsp3) is 0.297. The third-order valence-electron chi connectivity index (χ3n) is 7.34. The van der Waals surface area contributed by atoms with Crippen LogP contribution in [0, 0.1) is 11.6 Å². The lowest BCUT2D eigenvalue weighted by Crippen LogP contribution is -2.49. The number of carbonyl (C=O) groups is 4. The Morgan fingerprint density at radius 1 is 0.667 bits per heavy atom. The number of benzene rings is 3. The molecule has 274 valence electrons. The van der Waals surface area contributed by atoms with Gasteiger partial charge in [-0.25, -0.2) is 28.0 Å². The molecule has 51 heavy (non-hydrogen) atoms. The Balaban J connectivity index is 0.000000468. The first kappa shape index (κ1) is 41.9. The second-order valence-corrected chi connectivity index (χ2v) is 11.1. The molecule has 1 aliphatic rings. The Morgan fingerprint density at radius 3 is 1.47 bits per heavy atom. The van der Waals surface area contributed by atoms with Crippen LogP contribution in [0.3, 0.4) is 0 Å². The third kappa shape index (κ3) is 18.3. The molecule has 0 radical (unpaired) electrons. The fourth-order valence-electron chi connectivity index (χ4n) is 4.83. The summed E-state index contributed by atoms with van der Waals surface area (Å²) in [4.78, 5) is 43.1. The number of carboxylic acids is 4. The summed E-state index contributed by atoms with van der Waals surface area (Å²) < 4.78 is 38.9. The normalized spacial score (nSPS) is 14.0. The third-order valence-corrected chi connectivity index (χ3v) is 7.34. The first-order valence-electron chi connectivity index (χ1n) is 15.8. The SMILES string of the molecule is CO[C@@H](Cc1ccccc1)CN1CCN(CCOC(c2ccc(F)cc2)c2ccc(F)cc2)CC1.O=C(O)/C=C\C(=O)O.O=C(O)/C=C\C(=O)O. The van der Waals surface area contributed by atoms with Gasteiger partial charge in [0.25, 0.3) is 0 Å². The summed E-state index contributed by atoms with van der Waals surface area (Å²) in [6.07, 6.45) is 2.96. The molecule has 3 aromatic carbocycles. The van der Waals surface area contributed by atoms with Crippen LogP contribution >= 0.6 is 0 Å². The van der Waals surface area contributed by atoms with Gasteiger partial charge in [-0.3, -0.25) is 9.80 Å². The van der Waals surface area contributed by atoms with E-state index in [0.29, 0.717) is 30.9 Å². The maximum absolute atomic E-state index is 13.4. The molecule has 1 heterocycles. The van der Waals surface area contributed by atoms with Crippen molar-refractivity contribution in [3.8, 4) is 0 Å². The van der Waals surface area contributed by atoms with E-state index in [-0.39, 0.29) is 23.8 Å². The van der Waals surface area contributed by atoms with Gasteiger partial charge >= 0.3 is 23.9 Å². The number of carboxylic acid groups (broad SMARTS) is 4. The first-order chi connectivity index (χ1) is 24.4. The van der Waals surface area contributed by atoms with Crippen molar-refractivity contribution in [1.29, 1.82) is 0 Å². The molecular weight excluding hydrogens is 670 g/mol. The van der Waals surface area contributed by atoms with E-state index in [1.165, 1.54) is 29.8 Å². The number of hydrogen-bond acceptors (Lipinski definition) is 8. The van der Waals surface area contributed by atoms with Gasteiger partial charge in [-0.1, -0.05) is 54.6 Å². The zero-order chi connectivity index (χ0) is 37.6. The summed E-state index contributed by atoms with van der Waals surface area (Å²) in [7, 11) is 1.79. The van der Waals surface area contributed by atoms with Gasteiger partial charge in [-0.2, -0.15) is 0 Å². The molecule has 3 aromatic rings. The highest BCUT2D eigenvalue weighted by molar-refractivity contribution is 5.90. The van der Waals surface area contributed by atoms with Crippen molar-refractivity contribution in [2.24, 2.45) is 0 Å². The van der Waals surface area contributed by atoms with Crippen LogP contribution in [0.4, 0.5) is 8.78 Å². The highest BCUT2D eigenvalue weighted by Crippen LogP contribution is 2.26. The number of ether oxygens (including phenoxy) is 2. The van der Waals surface area contributed by atoms with Crippen LogP contribution in [-0.2, 0) is 35.1 Å². The van der Waals surface area contributed by atoms with Gasteiger partial charge in [0.2, 0.25) is 0 Å². The largest absolute Gasteiger partial charge is 0.478 e. The molecule has 0 saturated carbocycles. The van der Waals surface area contributed by atoms with Crippen LogP contribution in [-0.4, -0.2) is 113 Å². The molecule has 0 amide bonds. The van der Waals surface area contributed by atoms with E-state index in [2.05, 4.69) is 34.1 Å². The molecule has 1 saturated heterocycles. The molecule has 0 aliphatic carbocycles. The lowest BCUT2D eigenvalue weighted by Gasteiger charge is -2.36. The van der Waals surface area contributed by atoms with Crippen LogP contribution in [0.25, 0.3) is 0 Å². The average Bonchev–Trinajstić information content (AvgIpc) is 3.11. The molecule has 1 aliphatic heterocycles. The number of rotatable bonds is 15. The van der Waals surface area contributed by atoms with Crippen molar-refractivity contribution < 1.29 is 57.9 Å². The monoisotopic (exact) mass is 712 g/mol. The molecule has 1 atom stereocenters. The molecular formula is C37H42F2N2O10. The lowest BCUT2D eigenvalue weighted by atomic mass is 10.0. The van der Waals surface area contributed by atoms with Gasteiger partial charge in [0.1, 0.15) is 17.7 Å². The molecule has 4 rings (SSSR count). The quantitative estimate of drug-likeness (QED) is 0.164. The molecule has 12 nitrogen and oxygen atoms in total. The van der Waals surface area contributed by atoms with E-state index >= 15 is 0 Å². The average molecular weight is 713 g/mol. The zero-order valence-corrected chi connectivity index (χ0v) is 28.0. The van der Waals surface area contributed by atoms with E-state index in [1.807, 2.05) is 6.07 Å². The van der Waals surface area contributed by atoms with E-state index < -0.39 is 23.9 Å². The van der Waals surface area contributed by atoms with Crippen molar-refractivity contribution in [3.05, 3.63) is 131 Å². The minimum atomic E-state index is -1.26. The van der Waals surface area contributed by atoms with Gasteiger partial charge in [-0.05, 0) is 47.4 Å². The van der Waals surface area contributed by atoms with Crippen molar-refractivity contribution >= 4 is 23.9 Å². The molecule has 0 unspecified atom stereocenters. The summed E-state index contributed by atoms with van der Waals surface area (Å²) in [5.74, 6) is -5.60. The number of halogens is 2. The van der Waals surface area contributed by atoms with Gasteiger partial charge < -0.3 is 29.9 Å². The Labute approximate surface area is 294 Å². The number of piperazine rings is 1. The summed E-state index contributed by atoms with van der Waals surface area (Å²) in [6, 6.07) is 23.1. The first-order valence-corrected chi connectivity index (χ1v) is 15.8. The Hall–Kier alpha value is -5.28. The second kappa shape index (κ2) is 23.2. The van der Waals surface area contributed by atoms with Gasteiger partial charge in [0, 0.05) is 70.7 Å². The van der Waals surface area contributed by atoms with Crippen LogP contribution in [0.2, 0.25) is 0 Å². The topological polar surface area (TPSA) is 174 Å². The van der Waals surface area contributed by atoms with Crippen LogP contribution < -0.4 is 0 Å². The predicted molar refractivity (Wildman–Crippen MR) is 183 cm³/mol. The van der Waals surface area contributed by atoms with Gasteiger partial charge in [0.15, 0.2) is 0 Å². The van der Waals surface area contributed by atoms with Gasteiger partial charge in [-0.15, -0.1) is 0 Å². The number of hydrogen-bond donors (Lipinski definition) is 4. The summed E-state index contributed by atoms with van der Waals surface area (Å²) in [6.45, 7) is 6.21. The maximum Gasteiger partial charge on any atom is 0.328 e. The molecule has 4 N–H and O–H groups in total. The molecule has 0 bridgehead atoms. The van der Waals surface area contributed by atoms with Crippen LogP contribution in [0.1, 0.15) is 22.8 Å². The fourth-order valence-corrected chi connectivity index (χ4v) is 4.83. The van der Waals surface area contributed by atoms with Crippen molar-refractivity contribution in [2.45, 2.75) is 18.6 Å². The minimum absolute atomic E-state index is 0.180. The lowest BCUT2D eigenvalue weighted by molar-refractivity contribution is -0.134. The van der Waals surface area contributed by atoms with E-state index in [4.69, 9.17) is 29.9 Å². The number of aliphatic carboxylic acids is 4. The maximum atomic E-state index is 13.4. The Bertz CT molecular complexity index is 1450. The Kier molecular flexibility index (Phi) is 19.0. The predicted octanol–water partition coefficient (Wildman–Crippen LogP) is 4.37. The number of nitrogens with zero attached hydrogens (tertiary/aromatic N) is 2. The standard InChI is InChI=1S/C29H34F2N2O2.2C4H4O4/c1-34-28(21-23-5-3-2-4-6-23)22-33-17-15-32(16-18-33)19-20-35-29(24-7-11-26(30)12-8-24)25-9-13-27(31)14-10-25;2*5-3(6)1-2-4(7)8/h2-14,28-29H,15-22H2,1H3;2*1-2H,(H,5,6)(H,7,8)/b;2*2-1-/t28-;;/m0../s1. The van der Waals surface area contributed by atoms with Crippen molar-refractivity contribution in [3.63, 3.8) is 0 Å².